The Bertz CT molecular complexity index is 2120. The lowest BCUT2D eigenvalue weighted by atomic mass is 10.0. The predicted molar refractivity (Wildman–Crippen MR) is 215 cm³/mol. The first-order chi connectivity index (χ1) is 27.6. The van der Waals surface area contributed by atoms with E-state index in [1.165, 1.54) is 4.90 Å². The van der Waals surface area contributed by atoms with Gasteiger partial charge in [0, 0.05) is 18.1 Å². The quantitative estimate of drug-likeness (QED) is 0.176. The molecule has 4 amide bonds. The smallest absolute Gasteiger partial charge is 0.408 e. The number of carbonyl (C=O) groups is 4. The standard InChI is InChI=1S/C40H48N6O8S3/c47-35-33-21-27(53-36-32(24-56-34-17-10-20-55-34)41-29-14-8-9-15-30(29)42-36)23-46(33)37(48)31(43-39(50)54-26-12-6-7-13-26)16-5-3-1-2-4-11-25-22-40(25,44-35)38(49)45-57(51,52)28-18-19-28/h4,8-11,14-15,17,20,25-28,31,33H,1-3,5-7,12-13,16,18-19,21-24H2,(H,43,50)(H,44,47)(H,45,49)/b11-4-/t25-,27-,31+,33+,40-/m1/s1. The summed E-state index contributed by atoms with van der Waals surface area (Å²) in [6, 6.07) is 9.42. The van der Waals surface area contributed by atoms with Crippen LogP contribution in [0.1, 0.15) is 89.2 Å². The van der Waals surface area contributed by atoms with Gasteiger partial charge in [-0.15, -0.1) is 23.1 Å². The molecule has 304 valence electrons. The van der Waals surface area contributed by atoms with Crippen molar-refractivity contribution in [3.63, 3.8) is 0 Å². The number of aromatic nitrogens is 2. The summed E-state index contributed by atoms with van der Waals surface area (Å²) in [5, 5.41) is 7.12. The molecular formula is C40H48N6O8S3. The molecule has 0 bridgehead atoms. The van der Waals surface area contributed by atoms with E-state index in [4.69, 9.17) is 19.4 Å². The molecule has 8 rings (SSSR count). The Morgan fingerprint density at radius 1 is 0.965 bits per heavy atom. The minimum atomic E-state index is -3.89. The zero-order chi connectivity index (χ0) is 39.6. The highest BCUT2D eigenvalue weighted by atomic mass is 32.2. The zero-order valence-corrected chi connectivity index (χ0v) is 34.0. The van der Waals surface area contributed by atoms with Gasteiger partial charge in [0.25, 0.3) is 5.91 Å². The fourth-order valence-electron chi connectivity index (χ4n) is 8.03. The molecule has 57 heavy (non-hydrogen) atoms. The number of carbonyl (C=O) groups excluding carboxylic acids is 4. The van der Waals surface area contributed by atoms with Crippen molar-refractivity contribution in [3.8, 4) is 5.88 Å². The van der Waals surface area contributed by atoms with Crippen LogP contribution >= 0.6 is 23.1 Å². The summed E-state index contributed by atoms with van der Waals surface area (Å²) < 4.78 is 41.4. The van der Waals surface area contributed by atoms with Crippen LogP contribution in [0.3, 0.4) is 0 Å². The number of fused-ring (bicyclic) bond motifs is 3. The lowest BCUT2D eigenvalue weighted by Crippen LogP contribution is -2.58. The van der Waals surface area contributed by atoms with Gasteiger partial charge in [0.15, 0.2) is 0 Å². The molecule has 4 fully saturated rings. The number of ether oxygens (including phenoxy) is 2. The number of hydrogen-bond acceptors (Lipinski definition) is 12. The second kappa shape index (κ2) is 16.9. The predicted octanol–water partition coefficient (Wildman–Crippen LogP) is 5.37. The van der Waals surface area contributed by atoms with Gasteiger partial charge in [-0.1, -0.05) is 43.2 Å². The van der Waals surface area contributed by atoms with Crippen LogP contribution in [-0.2, 0) is 34.9 Å². The van der Waals surface area contributed by atoms with Crippen molar-refractivity contribution in [1.29, 1.82) is 0 Å². The summed E-state index contributed by atoms with van der Waals surface area (Å²) in [5.41, 5.74) is 0.453. The molecule has 0 radical (unpaired) electrons. The van der Waals surface area contributed by atoms with Crippen LogP contribution < -0.4 is 20.1 Å². The number of thioether (sulfide) groups is 1. The maximum atomic E-state index is 14.7. The molecule has 5 atom stereocenters. The SMILES string of the molecule is O=C(N[C@H]1CCCCC/C=C\[C@@H]2C[C@@]2(C(=O)NS(=O)(=O)C2CC2)NC(=O)[C@@H]2C[C@@H](Oc3nc4ccccc4nc3CSc3cccs3)CN2C1=O)OC1CCCC1. The van der Waals surface area contributed by atoms with Crippen LogP contribution in [0.4, 0.5) is 4.79 Å². The summed E-state index contributed by atoms with van der Waals surface area (Å²) in [5.74, 6) is -1.50. The normalized spacial score (nSPS) is 27.7. The fourth-order valence-corrected chi connectivity index (χ4v) is 11.1. The van der Waals surface area contributed by atoms with E-state index in [0.717, 1.165) is 42.7 Å². The molecule has 17 heteroatoms. The molecule has 3 aliphatic carbocycles. The van der Waals surface area contributed by atoms with Gasteiger partial charge in [0.05, 0.1) is 27.0 Å². The molecule has 2 aromatic heterocycles. The van der Waals surface area contributed by atoms with E-state index < -0.39 is 68.7 Å². The summed E-state index contributed by atoms with van der Waals surface area (Å²) in [6.45, 7) is -0.00261. The molecule has 2 aliphatic heterocycles. The second-order valence-corrected chi connectivity index (χ2v) is 19.9. The van der Waals surface area contributed by atoms with E-state index in [1.54, 1.807) is 23.1 Å². The monoisotopic (exact) mass is 836 g/mol. The fraction of sp³-hybridized carbons (Fsp3) is 0.550. The number of para-hydroxylation sites is 2. The number of amides is 4. The van der Waals surface area contributed by atoms with Crippen molar-refractivity contribution in [2.45, 2.75) is 129 Å². The van der Waals surface area contributed by atoms with Crippen LogP contribution in [0.15, 0.2) is 58.1 Å². The third-order valence-electron chi connectivity index (χ3n) is 11.4. The largest absolute Gasteiger partial charge is 0.471 e. The molecule has 0 spiro atoms. The van der Waals surface area contributed by atoms with Crippen molar-refractivity contribution >= 4 is 68.0 Å². The van der Waals surface area contributed by atoms with Crippen LogP contribution in [0.5, 0.6) is 5.88 Å². The Kier molecular flexibility index (Phi) is 11.8. The molecule has 4 heterocycles. The van der Waals surface area contributed by atoms with Gasteiger partial charge in [-0.25, -0.2) is 23.2 Å². The maximum Gasteiger partial charge on any atom is 0.408 e. The van der Waals surface area contributed by atoms with Crippen molar-refractivity contribution in [3.05, 3.63) is 59.6 Å². The molecule has 3 saturated carbocycles. The summed E-state index contributed by atoms with van der Waals surface area (Å²) in [7, 11) is -3.89. The molecule has 1 aromatic carbocycles. The number of rotatable bonds is 10. The highest BCUT2D eigenvalue weighted by molar-refractivity contribution is 8.00. The average Bonchev–Trinajstić information content (AvgIpc) is 3.94. The molecular weight excluding hydrogens is 789 g/mol. The number of alkyl carbamates (subject to hydrolysis) is 1. The van der Waals surface area contributed by atoms with Gasteiger partial charge in [0.1, 0.15) is 35.5 Å². The number of benzene rings is 1. The first-order valence-corrected chi connectivity index (χ1v) is 23.4. The summed E-state index contributed by atoms with van der Waals surface area (Å²) >= 11 is 3.22. The molecule has 5 aliphatic rings. The Morgan fingerprint density at radius 3 is 2.49 bits per heavy atom. The number of allylic oxidation sites excluding steroid dienone is 1. The van der Waals surface area contributed by atoms with Crippen LogP contribution in [0.25, 0.3) is 11.0 Å². The van der Waals surface area contributed by atoms with E-state index in [2.05, 4.69) is 15.4 Å². The zero-order valence-electron chi connectivity index (χ0n) is 31.6. The molecule has 0 unspecified atom stereocenters. The lowest BCUT2D eigenvalue weighted by Gasteiger charge is -2.30. The number of hydrogen-bond donors (Lipinski definition) is 3. The van der Waals surface area contributed by atoms with Gasteiger partial charge >= 0.3 is 6.09 Å². The molecule has 3 aromatic rings. The van der Waals surface area contributed by atoms with Crippen molar-refractivity contribution in [2.75, 3.05) is 6.54 Å². The first kappa shape index (κ1) is 39.6. The second-order valence-electron chi connectivity index (χ2n) is 15.7. The third-order valence-corrected chi connectivity index (χ3v) is 15.4. The van der Waals surface area contributed by atoms with Gasteiger partial charge in [0.2, 0.25) is 27.7 Å². The number of sulfonamides is 1. The van der Waals surface area contributed by atoms with Crippen LogP contribution in [0, 0.1) is 5.92 Å². The van der Waals surface area contributed by atoms with Crippen molar-refractivity contribution < 1.29 is 37.1 Å². The van der Waals surface area contributed by atoms with E-state index in [-0.39, 0.29) is 25.5 Å². The van der Waals surface area contributed by atoms with E-state index in [0.29, 0.717) is 60.5 Å². The summed E-state index contributed by atoms with van der Waals surface area (Å²) in [4.78, 5) is 67.3. The van der Waals surface area contributed by atoms with Gasteiger partial charge < -0.3 is 25.0 Å². The number of thiophene rings is 1. The highest BCUT2D eigenvalue weighted by Gasteiger charge is 2.62. The Hall–Kier alpha value is -4.22. The summed E-state index contributed by atoms with van der Waals surface area (Å²) in [6.07, 6.45) is 10.3. The average molecular weight is 837 g/mol. The Balaban J connectivity index is 1.09. The van der Waals surface area contributed by atoms with E-state index in [9.17, 15) is 27.6 Å². The van der Waals surface area contributed by atoms with Gasteiger partial charge in [-0.2, -0.15) is 0 Å². The van der Waals surface area contributed by atoms with Gasteiger partial charge in [-0.05, 0) is 87.8 Å². The third kappa shape index (κ3) is 9.25. The maximum absolute atomic E-state index is 14.7. The van der Waals surface area contributed by atoms with Gasteiger partial charge in [-0.3, -0.25) is 19.1 Å². The number of nitrogens with one attached hydrogen (secondary N) is 3. The van der Waals surface area contributed by atoms with Crippen molar-refractivity contribution in [2.24, 2.45) is 5.92 Å². The molecule has 1 saturated heterocycles. The van der Waals surface area contributed by atoms with Crippen molar-refractivity contribution in [1.82, 2.24) is 30.2 Å². The first-order valence-electron chi connectivity index (χ1n) is 20.0. The topological polar surface area (TPSA) is 186 Å². The van der Waals surface area contributed by atoms with E-state index >= 15 is 0 Å². The van der Waals surface area contributed by atoms with E-state index in [1.807, 2.05) is 53.9 Å². The molecule has 3 N–H and O–H groups in total. The minimum absolute atomic E-state index is 0.00261. The van der Waals surface area contributed by atoms with Crippen LogP contribution in [-0.4, -0.2) is 88.7 Å². The number of nitrogens with zero attached hydrogens (tertiary/aromatic N) is 3. The highest BCUT2D eigenvalue weighted by Crippen LogP contribution is 2.46. The molecule has 14 nitrogen and oxygen atoms in total. The Morgan fingerprint density at radius 2 is 1.74 bits per heavy atom. The minimum Gasteiger partial charge on any atom is -0.471 e. The lowest BCUT2D eigenvalue weighted by molar-refractivity contribution is -0.141. The Labute approximate surface area is 340 Å². The van der Waals surface area contributed by atoms with Crippen LogP contribution in [0.2, 0.25) is 0 Å².